The number of hydrogen-bond acceptors (Lipinski definition) is 5. The number of amides is 2. The monoisotopic (exact) mass is 422 g/mol. The minimum absolute atomic E-state index is 0.0149. The fraction of sp³-hybridized carbons (Fsp3) is 0.421. The van der Waals surface area contributed by atoms with Gasteiger partial charge in [0.15, 0.2) is 11.6 Å². The van der Waals surface area contributed by atoms with Crippen molar-refractivity contribution < 1.29 is 23.1 Å². The Bertz CT molecular complexity index is 944. The number of fused-ring (bicyclic) bond motifs is 1. The molecular formula is C19H20F2N4O3S. The lowest BCUT2D eigenvalue weighted by Crippen LogP contribution is -2.34. The maximum absolute atomic E-state index is 13.5. The average molecular weight is 422 g/mol. The van der Waals surface area contributed by atoms with Crippen molar-refractivity contribution in [2.45, 2.75) is 37.0 Å². The standard InChI is InChI=1S/C19H20F2N4O3S/c20-14-4-3-11(6-15(14)21)19(27)23-18-13-9-29-10-16(13)24-25(18)8-17(26)22-7-12-2-1-5-28-12/h3-4,6,12H,1-2,5,7-10H2,(H,22,26)(H,23,27). The van der Waals surface area contributed by atoms with Gasteiger partial charge >= 0.3 is 0 Å². The first-order chi connectivity index (χ1) is 14.0. The largest absolute Gasteiger partial charge is 0.376 e. The molecule has 3 heterocycles. The van der Waals surface area contributed by atoms with Crippen LogP contribution in [0.15, 0.2) is 18.2 Å². The molecule has 0 bridgehead atoms. The van der Waals surface area contributed by atoms with Gasteiger partial charge in [-0.1, -0.05) is 0 Å². The van der Waals surface area contributed by atoms with E-state index >= 15 is 0 Å². The molecule has 2 aliphatic heterocycles. The van der Waals surface area contributed by atoms with Crippen molar-refractivity contribution in [3.63, 3.8) is 0 Å². The van der Waals surface area contributed by atoms with Crippen molar-refractivity contribution in [2.75, 3.05) is 18.5 Å². The lowest BCUT2D eigenvalue weighted by Gasteiger charge is -2.13. The molecule has 1 fully saturated rings. The summed E-state index contributed by atoms with van der Waals surface area (Å²) in [4.78, 5) is 24.9. The van der Waals surface area contributed by atoms with Gasteiger partial charge in [0.05, 0.1) is 11.8 Å². The smallest absolute Gasteiger partial charge is 0.256 e. The van der Waals surface area contributed by atoms with E-state index in [2.05, 4.69) is 15.7 Å². The predicted molar refractivity (Wildman–Crippen MR) is 104 cm³/mol. The van der Waals surface area contributed by atoms with Crippen LogP contribution in [0.5, 0.6) is 0 Å². The van der Waals surface area contributed by atoms with Gasteiger partial charge in [0, 0.05) is 35.8 Å². The number of anilines is 1. The van der Waals surface area contributed by atoms with Crippen molar-refractivity contribution in [3.8, 4) is 0 Å². The zero-order chi connectivity index (χ0) is 20.4. The minimum Gasteiger partial charge on any atom is -0.376 e. The molecule has 1 aromatic heterocycles. The van der Waals surface area contributed by atoms with Crippen molar-refractivity contribution in [2.24, 2.45) is 0 Å². The Morgan fingerprint density at radius 3 is 2.90 bits per heavy atom. The molecule has 10 heteroatoms. The number of carbonyl (C=O) groups excluding carboxylic acids is 2. The van der Waals surface area contributed by atoms with Crippen molar-refractivity contribution >= 4 is 29.4 Å². The van der Waals surface area contributed by atoms with Gasteiger partial charge in [-0.3, -0.25) is 9.59 Å². The number of aromatic nitrogens is 2. The van der Waals surface area contributed by atoms with E-state index in [1.165, 1.54) is 10.7 Å². The van der Waals surface area contributed by atoms with E-state index in [1.807, 2.05) is 0 Å². The molecule has 1 saturated heterocycles. The van der Waals surface area contributed by atoms with E-state index in [-0.39, 0.29) is 24.1 Å². The number of nitrogens with zero attached hydrogens (tertiary/aromatic N) is 2. The highest BCUT2D eigenvalue weighted by Crippen LogP contribution is 2.34. The first-order valence-electron chi connectivity index (χ1n) is 9.32. The quantitative estimate of drug-likeness (QED) is 0.747. The molecule has 2 aromatic rings. The number of hydrogen-bond donors (Lipinski definition) is 2. The van der Waals surface area contributed by atoms with Crippen LogP contribution in [0.3, 0.4) is 0 Å². The van der Waals surface area contributed by atoms with E-state index in [0.29, 0.717) is 30.5 Å². The number of rotatable bonds is 6. The maximum atomic E-state index is 13.5. The molecule has 2 aliphatic rings. The van der Waals surface area contributed by atoms with Gasteiger partial charge in [-0.25, -0.2) is 13.5 Å². The van der Waals surface area contributed by atoms with Crippen LogP contribution in [0.2, 0.25) is 0 Å². The Morgan fingerprint density at radius 2 is 2.14 bits per heavy atom. The molecule has 2 amide bonds. The normalized spacial score (nSPS) is 17.9. The summed E-state index contributed by atoms with van der Waals surface area (Å²) >= 11 is 1.65. The van der Waals surface area contributed by atoms with Gasteiger partial charge in [-0.05, 0) is 31.0 Å². The second-order valence-electron chi connectivity index (χ2n) is 6.95. The molecule has 4 rings (SSSR count). The topological polar surface area (TPSA) is 85.2 Å². The summed E-state index contributed by atoms with van der Waals surface area (Å²) in [5.74, 6) is -1.20. The summed E-state index contributed by atoms with van der Waals surface area (Å²) in [6, 6.07) is 2.95. The van der Waals surface area contributed by atoms with Crippen molar-refractivity contribution in [1.29, 1.82) is 0 Å². The molecule has 7 nitrogen and oxygen atoms in total. The molecule has 2 N–H and O–H groups in total. The van der Waals surface area contributed by atoms with Gasteiger partial charge in [0.2, 0.25) is 5.91 Å². The van der Waals surface area contributed by atoms with Gasteiger partial charge in [-0.15, -0.1) is 0 Å². The Hall–Kier alpha value is -2.46. The van der Waals surface area contributed by atoms with Crippen LogP contribution in [0, 0.1) is 11.6 Å². The van der Waals surface area contributed by atoms with Crippen LogP contribution >= 0.6 is 11.8 Å². The molecular weight excluding hydrogens is 402 g/mol. The van der Waals surface area contributed by atoms with Crippen molar-refractivity contribution in [1.82, 2.24) is 15.1 Å². The number of ether oxygens (including phenoxy) is 1. The Kier molecular flexibility index (Phi) is 5.81. The summed E-state index contributed by atoms with van der Waals surface area (Å²) in [5.41, 5.74) is 1.64. The Labute approximate surface area is 170 Å². The second kappa shape index (κ2) is 8.50. The van der Waals surface area contributed by atoms with E-state index in [4.69, 9.17) is 4.74 Å². The maximum Gasteiger partial charge on any atom is 0.256 e. The third-order valence-electron chi connectivity index (χ3n) is 4.88. The summed E-state index contributed by atoms with van der Waals surface area (Å²) in [6.07, 6.45) is 1.94. The molecule has 0 radical (unpaired) electrons. The lowest BCUT2D eigenvalue weighted by molar-refractivity contribution is -0.122. The highest BCUT2D eigenvalue weighted by Gasteiger charge is 2.26. The first kappa shape index (κ1) is 19.8. The third-order valence-corrected chi connectivity index (χ3v) is 5.85. The number of nitrogens with one attached hydrogen (secondary N) is 2. The Balaban J connectivity index is 1.48. The number of thioether (sulfide) groups is 1. The van der Waals surface area contributed by atoms with E-state index in [0.717, 1.165) is 36.2 Å². The fourth-order valence-corrected chi connectivity index (χ4v) is 4.40. The van der Waals surface area contributed by atoms with Crippen molar-refractivity contribution in [3.05, 3.63) is 46.7 Å². The van der Waals surface area contributed by atoms with Crippen LogP contribution in [0.1, 0.15) is 34.5 Å². The molecule has 1 unspecified atom stereocenters. The van der Waals surface area contributed by atoms with E-state index < -0.39 is 17.5 Å². The Morgan fingerprint density at radius 1 is 1.28 bits per heavy atom. The van der Waals surface area contributed by atoms with Gasteiger partial charge in [-0.2, -0.15) is 16.9 Å². The lowest BCUT2D eigenvalue weighted by atomic mass is 10.2. The second-order valence-corrected chi connectivity index (χ2v) is 7.93. The zero-order valence-corrected chi connectivity index (χ0v) is 16.4. The zero-order valence-electron chi connectivity index (χ0n) is 15.5. The molecule has 1 atom stereocenters. The van der Waals surface area contributed by atoms with Gasteiger partial charge < -0.3 is 15.4 Å². The number of carbonyl (C=O) groups is 2. The van der Waals surface area contributed by atoms with Crippen LogP contribution < -0.4 is 10.6 Å². The number of benzene rings is 1. The van der Waals surface area contributed by atoms with Gasteiger partial charge in [0.25, 0.3) is 5.91 Å². The SMILES string of the molecule is O=C(Cn1nc2c(c1NC(=O)c1ccc(F)c(F)c1)CSC2)NCC1CCCO1. The van der Waals surface area contributed by atoms with Crippen LogP contribution in [0.25, 0.3) is 0 Å². The van der Waals surface area contributed by atoms with Gasteiger partial charge in [0.1, 0.15) is 12.4 Å². The summed E-state index contributed by atoms with van der Waals surface area (Å²) in [5, 5.41) is 9.98. The molecule has 0 aliphatic carbocycles. The van der Waals surface area contributed by atoms with Crippen LogP contribution in [-0.2, 0) is 27.6 Å². The minimum atomic E-state index is -1.10. The molecule has 1 aromatic carbocycles. The highest BCUT2D eigenvalue weighted by molar-refractivity contribution is 7.98. The average Bonchev–Trinajstić information content (AvgIpc) is 3.42. The van der Waals surface area contributed by atoms with E-state index in [1.54, 1.807) is 11.8 Å². The molecule has 29 heavy (non-hydrogen) atoms. The van der Waals surface area contributed by atoms with Crippen LogP contribution in [0.4, 0.5) is 14.6 Å². The summed E-state index contributed by atoms with van der Waals surface area (Å²) < 4.78 is 33.5. The predicted octanol–water partition coefficient (Wildman–Crippen LogP) is 2.46. The highest BCUT2D eigenvalue weighted by atomic mass is 32.2. The van der Waals surface area contributed by atoms with Crippen LogP contribution in [-0.4, -0.2) is 40.9 Å². The van der Waals surface area contributed by atoms with E-state index in [9.17, 15) is 18.4 Å². The third kappa shape index (κ3) is 4.43. The molecule has 0 saturated carbocycles. The summed E-state index contributed by atoms with van der Waals surface area (Å²) in [6.45, 7) is 1.09. The fourth-order valence-electron chi connectivity index (χ4n) is 3.36. The molecule has 0 spiro atoms. The molecule has 154 valence electrons. The number of halogens is 2. The first-order valence-corrected chi connectivity index (χ1v) is 10.5. The summed E-state index contributed by atoms with van der Waals surface area (Å²) in [7, 11) is 0.